The van der Waals surface area contributed by atoms with Gasteiger partial charge in [-0.3, -0.25) is 14.7 Å². The first-order chi connectivity index (χ1) is 14.0. The molecule has 1 aromatic rings. The van der Waals surface area contributed by atoms with Crippen molar-refractivity contribution in [3.63, 3.8) is 0 Å². The first kappa shape index (κ1) is 24.7. The van der Waals surface area contributed by atoms with Crippen molar-refractivity contribution in [3.8, 4) is 5.75 Å². The number of guanidine groups is 1. The quantitative estimate of drug-likeness (QED) is 0.242. The predicted octanol–water partition coefficient (Wildman–Crippen LogP) is 1.70. The molecule has 8 nitrogen and oxygen atoms in total. The zero-order valence-corrected chi connectivity index (χ0v) is 20.5. The maximum Gasteiger partial charge on any atom is 0.265 e. The van der Waals surface area contributed by atoms with Crippen LogP contribution in [0.25, 0.3) is 0 Å². The predicted molar refractivity (Wildman–Crippen MR) is 130 cm³/mol. The fourth-order valence-electron chi connectivity index (χ4n) is 3.64. The van der Waals surface area contributed by atoms with Gasteiger partial charge in [0, 0.05) is 45.3 Å². The van der Waals surface area contributed by atoms with Crippen LogP contribution >= 0.6 is 24.0 Å². The number of hydrogen-bond donors (Lipinski definition) is 2. The van der Waals surface area contributed by atoms with Crippen LogP contribution in [0.4, 0.5) is 5.69 Å². The summed E-state index contributed by atoms with van der Waals surface area (Å²) in [7, 11) is 1.78. The lowest BCUT2D eigenvalue weighted by Crippen LogP contribution is -2.56. The molecule has 1 aromatic carbocycles. The van der Waals surface area contributed by atoms with Crippen molar-refractivity contribution in [1.29, 1.82) is 0 Å². The molecule has 0 bridgehead atoms. The summed E-state index contributed by atoms with van der Waals surface area (Å²) < 4.78 is 10.9. The minimum Gasteiger partial charge on any atom is -0.482 e. The van der Waals surface area contributed by atoms with E-state index in [0.29, 0.717) is 6.54 Å². The van der Waals surface area contributed by atoms with E-state index in [9.17, 15) is 4.79 Å². The number of ether oxygens (including phenoxy) is 2. The molecule has 2 heterocycles. The number of carbonyl (C=O) groups excluding carboxylic acids is 1. The third kappa shape index (κ3) is 6.45. The molecule has 0 aromatic heterocycles. The summed E-state index contributed by atoms with van der Waals surface area (Å²) in [5.74, 6) is 1.54. The Morgan fingerprint density at radius 2 is 1.93 bits per heavy atom. The molecule has 0 radical (unpaired) electrons. The maximum atomic E-state index is 12.2. The van der Waals surface area contributed by atoms with Crippen molar-refractivity contribution < 1.29 is 14.3 Å². The molecule has 2 aliphatic rings. The van der Waals surface area contributed by atoms with E-state index < -0.39 is 0 Å². The van der Waals surface area contributed by atoms with E-state index in [1.807, 2.05) is 24.3 Å². The van der Waals surface area contributed by atoms with Crippen molar-refractivity contribution in [3.05, 3.63) is 24.3 Å². The van der Waals surface area contributed by atoms with Gasteiger partial charge in [0.25, 0.3) is 5.91 Å². The van der Waals surface area contributed by atoms with Gasteiger partial charge in [0.15, 0.2) is 12.6 Å². The topological polar surface area (TPSA) is 78.4 Å². The van der Waals surface area contributed by atoms with Crippen LogP contribution in [0.1, 0.15) is 20.3 Å². The monoisotopic (exact) mass is 531 g/mol. The van der Waals surface area contributed by atoms with Crippen molar-refractivity contribution >= 4 is 41.5 Å². The van der Waals surface area contributed by atoms with E-state index in [1.165, 1.54) is 0 Å². The fraction of sp³-hybridized carbons (Fsp3) is 0.619. The average molecular weight is 531 g/mol. The zero-order chi connectivity index (χ0) is 20.7. The fourth-order valence-corrected chi connectivity index (χ4v) is 3.64. The molecule has 9 heteroatoms. The highest BCUT2D eigenvalue weighted by Crippen LogP contribution is 2.31. The van der Waals surface area contributed by atoms with E-state index in [0.717, 1.165) is 63.2 Å². The number of rotatable bonds is 7. The summed E-state index contributed by atoms with van der Waals surface area (Å²) in [5, 5.41) is 6.78. The van der Waals surface area contributed by atoms with Crippen molar-refractivity contribution in [2.24, 2.45) is 4.99 Å². The minimum atomic E-state index is -0.00142. The highest BCUT2D eigenvalue weighted by molar-refractivity contribution is 14.0. The van der Waals surface area contributed by atoms with Crippen LogP contribution in [0.3, 0.4) is 0 Å². The molecule has 1 amide bonds. The molecule has 0 aliphatic carbocycles. The standard InChI is InChI=1S/C21H33N5O3.HI/c1-21(2,25-11-13-28-14-12-25)16-24-20(22-3)23-9-6-10-26-17-7-4-5-8-18(17)29-15-19(26)27;/h4-5,7-8H,6,9-16H2,1-3H3,(H2,22,23,24);1H. The molecule has 3 rings (SSSR count). The number of nitrogens with one attached hydrogen (secondary N) is 2. The van der Waals surface area contributed by atoms with Crippen LogP contribution in [-0.4, -0.2) is 81.9 Å². The zero-order valence-electron chi connectivity index (χ0n) is 18.1. The Labute approximate surface area is 196 Å². The third-order valence-electron chi connectivity index (χ3n) is 5.44. The Morgan fingerprint density at radius 1 is 1.20 bits per heavy atom. The number of aliphatic imine (C=N–C) groups is 1. The van der Waals surface area contributed by atoms with Gasteiger partial charge in [0.05, 0.1) is 18.9 Å². The maximum absolute atomic E-state index is 12.2. The van der Waals surface area contributed by atoms with E-state index in [-0.39, 0.29) is 42.0 Å². The van der Waals surface area contributed by atoms with Gasteiger partial charge in [-0.25, -0.2) is 0 Å². The number of anilines is 1. The van der Waals surface area contributed by atoms with Crippen molar-refractivity contribution in [1.82, 2.24) is 15.5 Å². The summed E-state index contributed by atoms with van der Waals surface area (Å²) >= 11 is 0. The van der Waals surface area contributed by atoms with E-state index in [1.54, 1.807) is 11.9 Å². The van der Waals surface area contributed by atoms with Crippen LogP contribution in [0.2, 0.25) is 0 Å². The van der Waals surface area contributed by atoms with Crippen LogP contribution in [0.5, 0.6) is 5.75 Å². The SMILES string of the molecule is CN=C(NCCCN1C(=O)COc2ccccc21)NCC(C)(C)N1CCOCC1.I. The summed E-state index contributed by atoms with van der Waals surface area (Å²) in [6, 6.07) is 7.67. The largest absolute Gasteiger partial charge is 0.482 e. The smallest absolute Gasteiger partial charge is 0.265 e. The number of benzene rings is 1. The molecule has 2 N–H and O–H groups in total. The normalized spacial score (nSPS) is 17.6. The Morgan fingerprint density at radius 3 is 2.67 bits per heavy atom. The van der Waals surface area contributed by atoms with Gasteiger partial charge in [-0.1, -0.05) is 12.1 Å². The molecular formula is C21H34IN5O3. The number of halogens is 1. The molecule has 0 atom stereocenters. The summed E-state index contributed by atoms with van der Waals surface area (Å²) in [4.78, 5) is 20.8. The molecular weight excluding hydrogens is 497 g/mol. The Balaban J connectivity index is 0.00000320. The molecule has 30 heavy (non-hydrogen) atoms. The van der Waals surface area contributed by atoms with Crippen molar-refractivity contribution in [2.45, 2.75) is 25.8 Å². The average Bonchev–Trinajstić information content (AvgIpc) is 2.75. The third-order valence-corrected chi connectivity index (χ3v) is 5.44. The van der Waals surface area contributed by atoms with E-state index >= 15 is 0 Å². The summed E-state index contributed by atoms with van der Waals surface area (Å²) in [5.41, 5.74) is 0.865. The second kappa shape index (κ2) is 11.7. The molecule has 0 saturated carbocycles. The van der Waals surface area contributed by atoms with Crippen LogP contribution in [0.15, 0.2) is 29.3 Å². The minimum absolute atomic E-state index is 0. The van der Waals surface area contributed by atoms with Gasteiger partial charge in [0.1, 0.15) is 5.75 Å². The van der Waals surface area contributed by atoms with Gasteiger partial charge in [-0.2, -0.15) is 0 Å². The molecule has 1 fully saturated rings. The van der Waals surface area contributed by atoms with Crippen molar-refractivity contribution in [2.75, 3.05) is 64.5 Å². The Kier molecular flexibility index (Phi) is 9.63. The first-order valence-corrected chi connectivity index (χ1v) is 10.3. The Bertz CT molecular complexity index is 722. The Hall–Kier alpha value is -1.59. The van der Waals surface area contributed by atoms with Gasteiger partial charge >= 0.3 is 0 Å². The number of amides is 1. The molecule has 1 saturated heterocycles. The van der Waals surface area contributed by atoms with E-state index in [2.05, 4.69) is 34.4 Å². The number of fused-ring (bicyclic) bond motifs is 1. The second-order valence-corrected chi connectivity index (χ2v) is 7.92. The lowest BCUT2D eigenvalue weighted by atomic mass is 10.0. The number of nitrogens with zero attached hydrogens (tertiary/aromatic N) is 3. The second-order valence-electron chi connectivity index (χ2n) is 7.92. The summed E-state index contributed by atoms with van der Waals surface area (Å²) in [6.07, 6.45) is 0.813. The molecule has 168 valence electrons. The lowest BCUT2D eigenvalue weighted by Gasteiger charge is -2.41. The van der Waals surface area contributed by atoms with Gasteiger partial charge < -0.3 is 25.0 Å². The van der Waals surface area contributed by atoms with Crippen LogP contribution in [0, 0.1) is 0 Å². The van der Waals surface area contributed by atoms with Gasteiger partial charge in [-0.05, 0) is 32.4 Å². The number of morpholine rings is 1. The highest BCUT2D eigenvalue weighted by atomic mass is 127. The number of para-hydroxylation sites is 2. The van der Waals surface area contributed by atoms with E-state index in [4.69, 9.17) is 9.47 Å². The van der Waals surface area contributed by atoms with Crippen LogP contribution in [-0.2, 0) is 9.53 Å². The van der Waals surface area contributed by atoms with Crippen LogP contribution < -0.4 is 20.3 Å². The highest BCUT2D eigenvalue weighted by Gasteiger charge is 2.28. The van der Waals surface area contributed by atoms with Gasteiger partial charge in [-0.15, -0.1) is 24.0 Å². The summed E-state index contributed by atoms with van der Waals surface area (Å²) in [6.45, 7) is 10.2. The molecule has 0 spiro atoms. The molecule has 2 aliphatic heterocycles. The lowest BCUT2D eigenvalue weighted by molar-refractivity contribution is -0.121. The van der Waals surface area contributed by atoms with Gasteiger partial charge in [0.2, 0.25) is 0 Å². The molecule has 0 unspecified atom stereocenters. The first-order valence-electron chi connectivity index (χ1n) is 10.3. The number of hydrogen-bond acceptors (Lipinski definition) is 5. The number of carbonyl (C=O) groups is 1.